The zero-order valence-corrected chi connectivity index (χ0v) is 14.3. The minimum Gasteiger partial charge on any atom is -0.377 e. The van der Waals surface area contributed by atoms with Crippen LogP contribution < -0.4 is 5.32 Å². The van der Waals surface area contributed by atoms with E-state index in [9.17, 15) is 0 Å². The fourth-order valence-electron chi connectivity index (χ4n) is 2.54. The summed E-state index contributed by atoms with van der Waals surface area (Å²) in [6, 6.07) is 0.296. The van der Waals surface area contributed by atoms with E-state index in [0.29, 0.717) is 12.0 Å². The minimum atomic E-state index is 0.228. The second kappa shape index (κ2) is 9.90. The number of hydrogen-bond acceptors (Lipinski definition) is 4. The van der Waals surface area contributed by atoms with Gasteiger partial charge in [0.2, 0.25) is 0 Å². The molecular weight excluding hydrogens is 264 g/mol. The first-order chi connectivity index (χ1) is 10.1. The largest absolute Gasteiger partial charge is 0.377 e. The standard InChI is InChI=1S/C16H32N4O/c1-6-9-17-14(15(7-2)21-8-3)10-16-18-12-19-20(16)11-13(4)5/h12-15,17H,6-11H2,1-5H3. The summed E-state index contributed by atoms with van der Waals surface area (Å²) in [4.78, 5) is 4.45. The van der Waals surface area contributed by atoms with Gasteiger partial charge < -0.3 is 10.1 Å². The van der Waals surface area contributed by atoms with Gasteiger partial charge in [0.25, 0.3) is 0 Å². The maximum atomic E-state index is 5.90. The summed E-state index contributed by atoms with van der Waals surface area (Å²) in [5.74, 6) is 1.62. The summed E-state index contributed by atoms with van der Waals surface area (Å²) in [6.07, 6.45) is 4.89. The Hall–Kier alpha value is -0.940. The zero-order valence-electron chi connectivity index (χ0n) is 14.3. The summed E-state index contributed by atoms with van der Waals surface area (Å²) in [7, 11) is 0. The van der Waals surface area contributed by atoms with Crippen LogP contribution in [0.15, 0.2) is 6.33 Å². The molecule has 5 nitrogen and oxygen atoms in total. The molecule has 0 saturated heterocycles. The molecule has 1 aromatic heterocycles. The maximum Gasteiger partial charge on any atom is 0.138 e. The Morgan fingerprint density at radius 2 is 2.05 bits per heavy atom. The lowest BCUT2D eigenvalue weighted by molar-refractivity contribution is 0.0312. The molecule has 1 rings (SSSR count). The highest BCUT2D eigenvalue weighted by atomic mass is 16.5. The topological polar surface area (TPSA) is 52.0 Å². The molecule has 0 aliphatic rings. The van der Waals surface area contributed by atoms with Gasteiger partial charge in [-0.2, -0.15) is 5.10 Å². The van der Waals surface area contributed by atoms with Crippen molar-refractivity contribution in [3.63, 3.8) is 0 Å². The lowest BCUT2D eigenvalue weighted by Gasteiger charge is -2.27. The van der Waals surface area contributed by atoms with Gasteiger partial charge in [-0.25, -0.2) is 9.67 Å². The Morgan fingerprint density at radius 1 is 1.29 bits per heavy atom. The first kappa shape index (κ1) is 18.1. The van der Waals surface area contributed by atoms with Crippen molar-refractivity contribution in [1.82, 2.24) is 20.1 Å². The third-order valence-corrected chi connectivity index (χ3v) is 3.52. The Bertz CT molecular complexity index is 378. The quantitative estimate of drug-likeness (QED) is 0.682. The van der Waals surface area contributed by atoms with E-state index in [-0.39, 0.29) is 6.10 Å². The smallest absolute Gasteiger partial charge is 0.138 e. The fourth-order valence-corrected chi connectivity index (χ4v) is 2.54. The van der Waals surface area contributed by atoms with Crippen LogP contribution in [0.4, 0.5) is 0 Å². The molecule has 0 bridgehead atoms. The summed E-state index contributed by atoms with van der Waals surface area (Å²) >= 11 is 0. The number of ether oxygens (including phenoxy) is 1. The normalized spacial score (nSPS) is 14.6. The first-order valence-electron chi connectivity index (χ1n) is 8.33. The van der Waals surface area contributed by atoms with E-state index in [4.69, 9.17) is 4.74 Å². The summed E-state index contributed by atoms with van der Waals surface area (Å²) < 4.78 is 7.93. The van der Waals surface area contributed by atoms with Crippen molar-refractivity contribution in [2.45, 2.75) is 72.6 Å². The van der Waals surface area contributed by atoms with Crippen LogP contribution in [0.25, 0.3) is 0 Å². The number of aromatic nitrogens is 3. The minimum absolute atomic E-state index is 0.228. The number of nitrogens with zero attached hydrogens (tertiary/aromatic N) is 3. The van der Waals surface area contributed by atoms with E-state index in [1.54, 1.807) is 6.33 Å². The molecule has 2 unspecified atom stereocenters. The third-order valence-electron chi connectivity index (χ3n) is 3.52. The Labute approximate surface area is 129 Å². The average molecular weight is 296 g/mol. The number of rotatable bonds is 11. The van der Waals surface area contributed by atoms with Crippen LogP contribution in [0.5, 0.6) is 0 Å². The molecule has 1 aromatic rings. The van der Waals surface area contributed by atoms with Gasteiger partial charge in [-0.05, 0) is 32.2 Å². The van der Waals surface area contributed by atoms with Crippen LogP contribution in [-0.2, 0) is 17.7 Å². The molecule has 21 heavy (non-hydrogen) atoms. The van der Waals surface area contributed by atoms with E-state index in [0.717, 1.165) is 44.8 Å². The van der Waals surface area contributed by atoms with Crippen LogP contribution in [0.3, 0.4) is 0 Å². The van der Waals surface area contributed by atoms with Gasteiger partial charge >= 0.3 is 0 Å². The molecule has 0 amide bonds. The predicted octanol–water partition coefficient (Wildman–Crippen LogP) is 2.66. The molecule has 5 heteroatoms. The van der Waals surface area contributed by atoms with Crippen molar-refractivity contribution in [1.29, 1.82) is 0 Å². The SMILES string of the molecule is CCCNC(Cc1ncnn1CC(C)C)C(CC)OCC. The van der Waals surface area contributed by atoms with Gasteiger partial charge in [0.1, 0.15) is 12.2 Å². The van der Waals surface area contributed by atoms with Crippen LogP contribution in [0, 0.1) is 5.92 Å². The van der Waals surface area contributed by atoms with Crippen molar-refractivity contribution in [3.05, 3.63) is 12.2 Å². The van der Waals surface area contributed by atoms with Crippen molar-refractivity contribution >= 4 is 0 Å². The van der Waals surface area contributed by atoms with Gasteiger partial charge in [0.05, 0.1) is 6.10 Å². The molecular formula is C16H32N4O. The molecule has 0 fully saturated rings. The molecule has 0 spiro atoms. The fraction of sp³-hybridized carbons (Fsp3) is 0.875. The van der Waals surface area contributed by atoms with Gasteiger partial charge in [-0.15, -0.1) is 0 Å². The molecule has 122 valence electrons. The van der Waals surface area contributed by atoms with Crippen molar-refractivity contribution in [2.75, 3.05) is 13.2 Å². The van der Waals surface area contributed by atoms with Crippen molar-refractivity contribution in [3.8, 4) is 0 Å². The Kier molecular flexibility index (Phi) is 8.54. The molecule has 0 aliphatic heterocycles. The Morgan fingerprint density at radius 3 is 2.62 bits per heavy atom. The van der Waals surface area contributed by atoms with Crippen LogP contribution >= 0.6 is 0 Å². The Balaban J connectivity index is 2.77. The molecule has 0 aliphatic carbocycles. The monoisotopic (exact) mass is 296 g/mol. The van der Waals surface area contributed by atoms with E-state index in [2.05, 4.69) is 50.0 Å². The molecule has 1 heterocycles. The molecule has 0 saturated carbocycles. The van der Waals surface area contributed by atoms with Crippen molar-refractivity contribution in [2.24, 2.45) is 5.92 Å². The lowest BCUT2D eigenvalue weighted by atomic mass is 10.0. The number of nitrogens with one attached hydrogen (secondary N) is 1. The molecule has 0 radical (unpaired) electrons. The third kappa shape index (κ3) is 6.14. The van der Waals surface area contributed by atoms with Gasteiger partial charge in [0, 0.05) is 25.6 Å². The highest BCUT2D eigenvalue weighted by molar-refractivity contribution is 4.93. The average Bonchev–Trinajstić information content (AvgIpc) is 2.87. The van der Waals surface area contributed by atoms with Gasteiger partial charge in [0.15, 0.2) is 0 Å². The van der Waals surface area contributed by atoms with Gasteiger partial charge in [-0.1, -0.05) is 27.7 Å². The summed E-state index contributed by atoms with van der Waals surface area (Å²) in [5, 5.41) is 7.98. The second-order valence-corrected chi connectivity index (χ2v) is 5.92. The van der Waals surface area contributed by atoms with Crippen LogP contribution in [0.1, 0.15) is 53.3 Å². The molecule has 2 atom stereocenters. The van der Waals surface area contributed by atoms with E-state index in [1.807, 2.05) is 4.68 Å². The summed E-state index contributed by atoms with van der Waals surface area (Å²) in [6.45, 7) is 13.5. The van der Waals surface area contributed by atoms with E-state index in [1.165, 1.54) is 0 Å². The zero-order chi connectivity index (χ0) is 15.7. The first-order valence-corrected chi connectivity index (χ1v) is 8.33. The molecule has 1 N–H and O–H groups in total. The lowest BCUT2D eigenvalue weighted by Crippen LogP contribution is -2.43. The van der Waals surface area contributed by atoms with Crippen LogP contribution in [-0.4, -0.2) is 40.1 Å². The maximum absolute atomic E-state index is 5.90. The van der Waals surface area contributed by atoms with E-state index >= 15 is 0 Å². The second-order valence-electron chi connectivity index (χ2n) is 5.92. The van der Waals surface area contributed by atoms with Crippen molar-refractivity contribution < 1.29 is 4.74 Å². The highest BCUT2D eigenvalue weighted by Gasteiger charge is 2.22. The van der Waals surface area contributed by atoms with E-state index < -0.39 is 0 Å². The number of hydrogen-bond donors (Lipinski definition) is 1. The predicted molar refractivity (Wildman–Crippen MR) is 86.4 cm³/mol. The van der Waals surface area contributed by atoms with Crippen LogP contribution in [0.2, 0.25) is 0 Å². The van der Waals surface area contributed by atoms with Gasteiger partial charge in [-0.3, -0.25) is 0 Å². The summed E-state index contributed by atoms with van der Waals surface area (Å²) in [5.41, 5.74) is 0. The molecule has 0 aromatic carbocycles. The highest BCUT2D eigenvalue weighted by Crippen LogP contribution is 2.11.